The number of hydrogen-bond acceptors (Lipinski definition) is 28. The van der Waals surface area contributed by atoms with Crippen LogP contribution in [0.5, 0.6) is 0 Å². The average molecular weight is 1500 g/mol. The van der Waals surface area contributed by atoms with E-state index in [9.17, 15) is 26.0 Å². The maximum Gasteiger partial charge on any atom is 0.232 e. The number of rotatable bonds is 30. The molecule has 0 aliphatic carbocycles. The van der Waals surface area contributed by atoms with E-state index >= 15 is 0 Å². The van der Waals surface area contributed by atoms with Gasteiger partial charge in [-0.15, -0.1) is 0 Å². The fourth-order valence-corrected chi connectivity index (χ4v) is 19.5. The van der Waals surface area contributed by atoms with Gasteiger partial charge in [0.2, 0.25) is 41.6 Å². The number of aromatic nitrogens is 9. The normalized spacial score (nSPS) is 23.5. The van der Waals surface area contributed by atoms with Crippen molar-refractivity contribution >= 4 is 41.6 Å². The SMILES string of the molecule is CC(c1nc(N(C)C)nc(N(C)C)n1)N(CCCCCCN(c1nc(C(C)N(CCCCCCN(c2nc(N(C)C)nc(N(C)C)n2)C2CC(C)(C)N(O)C(C)(C)C2)C2CC(C)(C)N(O)C(C)(C)C2)nc(N(C)C2CC(C)(C)N(O)C(C)(C)C2)n1)C1CC(C)(C)N(O)C(C)(C)C1)C1CC(C)(C)N(O)C(C)(C)C1. The molecule has 28 heteroatoms. The quantitative estimate of drug-likeness (QED) is 0.0388. The monoisotopic (exact) mass is 1500 g/mol. The highest BCUT2D eigenvalue weighted by Gasteiger charge is 2.53. The molecule has 3 aromatic heterocycles. The molecule has 8 rings (SSSR count). The smallest absolute Gasteiger partial charge is 0.232 e. The lowest BCUT2D eigenvalue weighted by molar-refractivity contribution is -0.253. The summed E-state index contributed by atoms with van der Waals surface area (Å²) in [6, 6.07) is -0.206. The Morgan fingerprint density at radius 2 is 0.467 bits per heavy atom. The van der Waals surface area contributed by atoms with E-state index in [1.54, 1.807) is 25.3 Å². The molecule has 8 heterocycles. The van der Waals surface area contributed by atoms with Gasteiger partial charge in [-0.2, -0.15) is 70.2 Å². The Balaban J connectivity index is 1.14. The highest BCUT2D eigenvalue weighted by atomic mass is 16.5. The Bertz CT molecular complexity index is 3270. The van der Waals surface area contributed by atoms with Crippen LogP contribution < -0.4 is 34.3 Å². The van der Waals surface area contributed by atoms with Gasteiger partial charge in [0.15, 0.2) is 11.6 Å². The Morgan fingerprint density at radius 1 is 0.271 bits per heavy atom. The molecule has 5 aliphatic rings. The van der Waals surface area contributed by atoms with Crippen molar-refractivity contribution in [2.45, 2.75) is 366 Å². The van der Waals surface area contributed by atoms with Crippen molar-refractivity contribution in [1.29, 1.82) is 0 Å². The third-order valence-corrected chi connectivity index (χ3v) is 24.6. The molecular formula is C79H149N23O5. The van der Waals surface area contributed by atoms with Gasteiger partial charge in [-0.3, -0.25) is 9.80 Å². The molecule has 0 saturated carbocycles. The zero-order valence-electron chi connectivity index (χ0n) is 72.6. The van der Waals surface area contributed by atoms with E-state index < -0.39 is 55.4 Å². The van der Waals surface area contributed by atoms with Gasteiger partial charge < -0.3 is 60.3 Å². The van der Waals surface area contributed by atoms with Crippen molar-refractivity contribution in [3.8, 4) is 0 Å². The van der Waals surface area contributed by atoms with Gasteiger partial charge in [-0.1, -0.05) is 25.7 Å². The molecule has 0 spiro atoms. The van der Waals surface area contributed by atoms with Gasteiger partial charge in [0, 0.05) is 162 Å². The summed E-state index contributed by atoms with van der Waals surface area (Å²) in [7, 11) is 17.9. The van der Waals surface area contributed by atoms with Crippen LogP contribution >= 0.6 is 0 Å². The zero-order chi connectivity index (χ0) is 80.2. The summed E-state index contributed by atoms with van der Waals surface area (Å²) < 4.78 is 0. The maximum atomic E-state index is 12.0. The molecule has 5 aliphatic heterocycles. The number of piperidine rings is 5. The van der Waals surface area contributed by atoms with Crippen molar-refractivity contribution < 1.29 is 26.0 Å². The number of nitrogens with zero attached hydrogens (tertiary/aromatic N) is 23. The summed E-state index contributed by atoms with van der Waals surface area (Å²) in [5, 5.41) is 66.5. The first-order valence-electron chi connectivity index (χ1n) is 40.3. The maximum absolute atomic E-state index is 12.0. The van der Waals surface area contributed by atoms with E-state index in [4.69, 9.17) is 44.9 Å². The first-order valence-corrected chi connectivity index (χ1v) is 40.3. The third-order valence-electron chi connectivity index (χ3n) is 24.6. The largest absolute Gasteiger partial charge is 0.347 e. The van der Waals surface area contributed by atoms with Crippen LogP contribution in [0.2, 0.25) is 0 Å². The first-order chi connectivity index (χ1) is 49.1. The summed E-state index contributed by atoms with van der Waals surface area (Å²) in [6.07, 6.45) is 14.7. The van der Waals surface area contributed by atoms with Gasteiger partial charge in [0.1, 0.15) is 0 Å². The number of hydroxylamine groups is 10. The van der Waals surface area contributed by atoms with E-state index in [2.05, 4.69) is 184 Å². The fourth-order valence-electron chi connectivity index (χ4n) is 19.5. The second-order valence-corrected chi connectivity index (χ2v) is 40.0. The molecule has 5 fully saturated rings. The van der Waals surface area contributed by atoms with E-state index in [1.807, 2.05) is 76.0 Å². The van der Waals surface area contributed by atoms with Crippen LogP contribution in [0.25, 0.3) is 0 Å². The molecule has 0 amide bonds. The van der Waals surface area contributed by atoms with Crippen LogP contribution in [0.4, 0.5) is 41.6 Å². The summed E-state index contributed by atoms with van der Waals surface area (Å²) in [6.45, 7) is 50.2. The van der Waals surface area contributed by atoms with Crippen molar-refractivity contribution in [1.82, 2.24) is 80.0 Å². The lowest BCUT2D eigenvalue weighted by Gasteiger charge is -2.54. The van der Waals surface area contributed by atoms with Crippen LogP contribution in [0.3, 0.4) is 0 Å². The molecule has 5 saturated heterocycles. The molecular weight excluding hydrogens is 1350 g/mol. The molecule has 28 nitrogen and oxygen atoms in total. The van der Waals surface area contributed by atoms with Gasteiger partial charge in [0.05, 0.1) is 12.1 Å². The fraction of sp³-hybridized carbons (Fsp3) is 0.886. The molecule has 3 aromatic rings. The lowest BCUT2D eigenvalue weighted by Crippen LogP contribution is -2.63. The summed E-state index contributed by atoms with van der Waals surface area (Å²) in [4.78, 5) is 67.2. The molecule has 0 bridgehead atoms. The van der Waals surface area contributed by atoms with E-state index in [1.165, 1.54) is 0 Å². The Morgan fingerprint density at radius 3 is 0.738 bits per heavy atom. The van der Waals surface area contributed by atoms with Gasteiger partial charge >= 0.3 is 0 Å². The first kappa shape index (κ1) is 87.7. The van der Waals surface area contributed by atoms with E-state index in [-0.39, 0.29) is 42.3 Å². The second kappa shape index (κ2) is 32.7. The molecule has 5 N–H and O–H groups in total. The standard InChI is InChI=1S/C79H149N23O5/c1-54(61-80-63(89(23)24)84-64(81-61)90(25)26)94(57-46-72(7,8)99(104)73(9,10)47-57)40-36-32-34-38-42-96(59-50-76(15,16)101(106)77(17,18)51-59)68-83-62(82-67(88-68)93(31)56-44-70(3,4)98(103)71(5,6)45-56)55(2)95(58-48-74(11,12)100(105)75(13,14)49-58)41-37-33-35-39-43-97(60-52-78(19,20)102(107)79(21,22)53-60)69-86-65(91(27)28)85-66(87-69)92(29)30/h54-60,103-107H,32-53H2,1-31H3. The number of hydrogen-bond donors (Lipinski definition) is 5. The highest BCUT2D eigenvalue weighted by molar-refractivity contribution is 5.47. The minimum atomic E-state index is -0.572. The zero-order valence-corrected chi connectivity index (χ0v) is 72.6. The molecule has 610 valence electrons. The third kappa shape index (κ3) is 20.0. The minimum Gasteiger partial charge on any atom is -0.347 e. The number of anilines is 7. The molecule has 0 radical (unpaired) electrons. The predicted octanol–water partition coefficient (Wildman–Crippen LogP) is 12.9. The molecule has 0 aromatic carbocycles. The summed E-state index contributed by atoms with van der Waals surface area (Å²) in [5.41, 5.74) is -5.18. The Labute approximate surface area is 645 Å². The molecule has 107 heavy (non-hydrogen) atoms. The van der Waals surface area contributed by atoms with Gasteiger partial charge in [-0.05, 0) is 255 Å². The van der Waals surface area contributed by atoms with Gasteiger partial charge in [0.25, 0.3) is 0 Å². The van der Waals surface area contributed by atoms with Crippen LogP contribution in [0.1, 0.15) is 292 Å². The Kier molecular flexibility index (Phi) is 26.8. The predicted molar refractivity (Wildman–Crippen MR) is 431 cm³/mol. The molecule has 2 unspecified atom stereocenters. The van der Waals surface area contributed by atoms with Crippen molar-refractivity contribution in [3.05, 3.63) is 11.6 Å². The van der Waals surface area contributed by atoms with Crippen LogP contribution in [0.15, 0.2) is 0 Å². The van der Waals surface area contributed by atoms with Crippen LogP contribution in [0, 0.1) is 0 Å². The van der Waals surface area contributed by atoms with Crippen molar-refractivity contribution in [2.75, 3.05) is 124 Å². The summed E-state index contributed by atoms with van der Waals surface area (Å²) in [5.74, 6) is 5.76. The Hall–Kier alpha value is -4.85. The topological polar surface area (TPSA) is 263 Å². The second-order valence-electron chi connectivity index (χ2n) is 40.0. The average Bonchev–Trinajstić information content (AvgIpc) is 0.771. The lowest BCUT2D eigenvalue weighted by atomic mass is 9.78. The van der Waals surface area contributed by atoms with Gasteiger partial charge in [-0.25, -0.2) is 0 Å². The highest BCUT2D eigenvalue weighted by Crippen LogP contribution is 2.47. The van der Waals surface area contributed by atoms with Crippen LogP contribution in [-0.2, 0) is 0 Å². The van der Waals surface area contributed by atoms with E-state index in [0.717, 1.165) is 115 Å². The minimum absolute atomic E-state index is 0.0188. The van der Waals surface area contributed by atoms with Crippen molar-refractivity contribution in [2.24, 2.45) is 0 Å². The molecule has 2 atom stereocenters. The van der Waals surface area contributed by atoms with Crippen molar-refractivity contribution in [3.63, 3.8) is 0 Å². The summed E-state index contributed by atoms with van der Waals surface area (Å²) >= 11 is 0. The number of unbranched alkanes of at least 4 members (excludes halogenated alkanes) is 6. The van der Waals surface area contributed by atoms with Crippen LogP contribution in [-0.4, -0.2) is 281 Å². The van der Waals surface area contributed by atoms with E-state index in [0.29, 0.717) is 79.7 Å².